The standard InChI is InChI=1S/C21H24F2N2O4S/c1-16-4-2-5-18(14-16)29-13-3-6-21(26)24-9-11-25(12-10-24)30(27,28)20-15-17(22)7-8-19(20)23/h2,4-5,7-8,14-15H,3,6,9-13H2,1H3. The predicted octanol–water partition coefficient (Wildman–Crippen LogP) is 2.97. The summed E-state index contributed by atoms with van der Waals surface area (Å²) in [5.41, 5.74) is 1.09. The Bertz CT molecular complexity index is 1010. The molecule has 162 valence electrons. The number of piperazine rings is 1. The van der Waals surface area contributed by atoms with Crippen LogP contribution in [0.25, 0.3) is 0 Å². The second-order valence-electron chi connectivity index (χ2n) is 7.13. The number of carbonyl (C=O) groups is 1. The molecule has 6 nitrogen and oxygen atoms in total. The van der Waals surface area contributed by atoms with Crippen molar-refractivity contribution in [2.75, 3.05) is 32.8 Å². The van der Waals surface area contributed by atoms with Gasteiger partial charge in [-0.25, -0.2) is 17.2 Å². The molecule has 1 amide bonds. The van der Waals surface area contributed by atoms with Gasteiger partial charge in [-0.05, 0) is 49.2 Å². The Balaban J connectivity index is 1.47. The van der Waals surface area contributed by atoms with E-state index in [1.165, 1.54) is 0 Å². The predicted molar refractivity (Wildman–Crippen MR) is 108 cm³/mol. The Kier molecular flexibility index (Phi) is 7.04. The van der Waals surface area contributed by atoms with Crippen molar-refractivity contribution in [3.63, 3.8) is 0 Å². The number of aryl methyl sites for hydroxylation is 1. The molecule has 0 unspecified atom stereocenters. The lowest BCUT2D eigenvalue weighted by Crippen LogP contribution is -2.50. The van der Waals surface area contributed by atoms with Crippen molar-refractivity contribution < 1.29 is 26.7 Å². The molecule has 0 N–H and O–H groups in total. The first-order chi connectivity index (χ1) is 14.3. The van der Waals surface area contributed by atoms with Gasteiger partial charge in [-0.2, -0.15) is 4.31 Å². The van der Waals surface area contributed by atoms with Gasteiger partial charge in [0.15, 0.2) is 0 Å². The van der Waals surface area contributed by atoms with Crippen LogP contribution >= 0.6 is 0 Å². The number of rotatable bonds is 7. The van der Waals surface area contributed by atoms with Crippen LogP contribution in [0.4, 0.5) is 8.78 Å². The van der Waals surface area contributed by atoms with Gasteiger partial charge >= 0.3 is 0 Å². The summed E-state index contributed by atoms with van der Waals surface area (Å²) >= 11 is 0. The first-order valence-corrected chi connectivity index (χ1v) is 11.1. The molecular weight excluding hydrogens is 414 g/mol. The Morgan fingerprint density at radius 3 is 2.50 bits per heavy atom. The van der Waals surface area contributed by atoms with Gasteiger partial charge in [-0.3, -0.25) is 4.79 Å². The minimum absolute atomic E-state index is 0.0316. The van der Waals surface area contributed by atoms with E-state index >= 15 is 0 Å². The summed E-state index contributed by atoms with van der Waals surface area (Å²) in [7, 11) is -4.16. The van der Waals surface area contributed by atoms with Gasteiger partial charge in [-0.1, -0.05) is 12.1 Å². The Morgan fingerprint density at radius 2 is 1.80 bits per heavy atom. The lowest BCUT2D eigenvalue weighted by molar-refractivity contribution is -0.132. The zero-order valence-electron chi connectivity index (χ0n) is 16.7. The number of halogens is 2. The van der Waals surface area contributed by atoms with Crippen LogP contribution in [0.5, 0.6) is 5.75 Å². The van der Waals surface area contributed by atoms with Gasteiger partial charge in [0.25, 0.3) is 0 Å². The monoisotopic (exact) mass is 438 g/mol. The third-order valence-electron chi connectivity index (χ3n) is 4.90. The second kappa shape index (κ2) is 9.53. The van der Waals surface area contributed by atoms with E-state index in [0.717, 1.165) is 27.8 Å². The normalized spacial score (nSPS) is 15.2. The molecule has 1 fully saturated rings. The van der Waals surface area contributed by atoms with Crippen molar-refractivity contribution in [1.29, 1.82) is 0 Å². The molecule has 1 saturated heterocycles. The molecule has 0 radical (unpaired) electrons. The van der Waals surface area contributed by atoms with Crippen molar-refractivity contribution in [3.8, 4) is 5.75 Å². The molecule has 9 heteroatoms. The van der Waals surface area contributed by atoms with Gasteiger partial charge in [0, 0.05) is 32.6 Å². The fraction of sp³-hybridized carbons (Fsp3) is 0.381. The minimum Gasteiger partial charge on any atom is -0.494 e. The van der Waals surface area contributed by atoms with Crippen molar-refractivity contribution in [2.24, 2.45) is 0 Å². The Hall–Kier alpha value is -2.52. The number of nitrogens with zero attached hydrogens (tertiary/aromatic N) is 2. The summed E-state index contributed by atoms with van der Waals surface area (Å²) in [6.07, 6.45) is 0.830. The fourth-order valence-electron chi connectivity index (χ4n) is 3.27. The van der Waals surface area contributed by atoms with E-state index in [1.807, 2.05) is 31.2 Å². The van der Waals surface area contributed by atoms with Crippen LogP contribution in [-0.4, -0.2) is 56.3 Å². The van der Waals surface area contributed by atoms with E-state index < -0.39 is 26.6 Å². The maximum atomic E-state index is 13.9. The van der Waals surface area contributed by atoms with Crippen molar-refractivity contribution in [3.05, 3.63) is 59.7 Å². The minimum atomic E-state index is -4.16. The number of hydrogen-bond acceptors (Lipinski definition) is 4. The average molecular weight is 438 g/mol. The number of sulfonamides is 1. The highest BCUT2D eigenvalue weighted by molar-refractivity contribution is 7.89. The van der Waals surface area contributed by atoms with Crippen LogP contribution in [0.2, 0.25) is 0 Å². The van der Waals surface area contributed by atoms with E-state index in [9.17, 15) is 22.0 Å². The van der Waals surface area contributed by atoms with Crippen LogP contribution in [0.3, 0.4) is 0 Å². The van der Waals surface area contributed by atoms with Crippen LogP contribution < -0.4 is 4.74 Å². The zero-order valence-corrected chi connectivity index (χ0v) is 17.5. The third-order valence-corrected chi connectivity index (χ3v) is 6.81. The van der Waals surface area contributed by atoms with Crippen LogP contribution in [0.1, 0.15) is 18.4 Å². The quantitative estimate of drug-likeness (QED) is 0.624. The molecule has 0 aromatic heterocycles. The molecule has 0 bridgehead atoms. The Morgan fingerprint density at radius 1 is 1.07 bits per heavy atom. The molecular formula is C21H24F2N2O4S. The highest BCUT2D eigenvalue weighted by Gasteiger charge is 2.32. The lowest BCUT2D eigenvalue weighted by atomic mass is 10.2. The topological polar surface area (TPSA) is 66.9 Å². The number of amides is 1. The molecule has 0 aliphatic carbocycles. The van der Waals surface area contributed by atoms with Crippen molar-refractivity contribution in [1.82, 2.24) is 9.21 Å². The van der Waals surface area contributed by atoms with Crippen LogP contribution in [0, 0.1) is 18.6 Å². The SMILES string of the molecule is Cc1cccc(OCCCC(=O)N2CCN(S(=O)(=O)c3cc(F)ccc3F)CC2)c1. The first-order valence-electron chi connectivity index (χ1n) is 9.70. The van der Waals surface area contributed by atoms with E-state index in [4.69, 9.17) is 4.74 Å². The first kappa shape index (κ1) is 22.2. The molecule has 0 saturated carbocycles. The molecule has 2 aromatic rings. The van der Waals surface area contributed by atoms with E-state index in [2.05, 4.69) is 0 Å². The fourth-order valence-corrected chi connectivity index (χ4v) is 4.77. The molecule has 3 rings (SSSR count). The summed E-state index contributed by atoms with van der Waals surface area (Å²) < 4.78 is 59.2. The highest BCUT2D eigenvalue weighted by Crippen LogP contribution is 2.22. The molecule has 1 aliphatic heterocycles. The summed E-state index contributed by atoms with van der Waals surface area (Å²) in [6, 6.07) is 9.99. The van der Waals surface area contributed by atoms with E-state index in [0.29, 0.717) is 19.1 Å². The molecule has 30 heavy (non-hydrogen) atoms. The summed E-state index contributed by atoms with van der Waals surface area (Å²) in [5.74, 6) is -1.15. The van der Waals surface area contributed by atoms with Gasteiger partial charge in [0.1, 0.15) is 22.3 Å². The number of hydrogen-bond donors (Lipinski definition) is 0. The highest BCUT2D eigenvalue weighted by atomic mass is 32.2. The lowest BCUT2D eigenvalue weighted by Gasteiger charge is -2.34. The molecule has 0 atom stereocenters. The summed E-state index contributed by atoms with van der Waals surface area (Å²) in [6.45, 7) is 2.84. The number of benzene rings is 2. The Labute approximate surface area is 175 Å². The average Bonchev–Trinajstić information content (AvgIpc) is 2.73. The van der Waals surface area contributed by atoms with Crippen LogP contribution in [-0.2, 0) is 14.8 Å². The summed E-state index contributed by atoms with van der Waals surface area (Å²) in [5, 5.41) is 0. The van der Waals surface area contributed by atoms with Crippen LogP contribution in [0.15, 0.2) is 47.4 Å². The molecule has 0 spiro atoms. The second-order valence-corrected chi connectivity index (χ2v) is 9.03. The smallest absolute Gasteiger partial charge is 0.246 e. The van der Waals surface area contributed by atoms with Gasteiger partial charge < -0.3 is 9.64 Å². The third kappa shape index (κ3) is 5.34. The summed E-state index contributed by atoms with van der Waals surface area (Å²) in [4.78, 5) is 13.3. The van der Waals surface area contributed by atoms with Crippen molar-refractivity contribution >= 4 is 15.9 Å². The number of carbonyl (C=O) groups excluding carboxylic acids is 1. The number of ether oxygens (including phenoxy) is 1. The largest absolute Gasteiger partial charge is 0.494 e. The zero-order chi connectivity index (χ0) is 21.7. The molecule has 1 heterocycles. The van der Waals surface area contributed by atoms with Gasteiger partial charge in [0.05, 0.1) is 6.61 Å². The van der Waals surface area contributed by atoms with E-state index in [-0.39, 0.29) is 38.5 Å². The van der Waals surface area contributed by atoms with Gasteiger partial charge in [-0.15, -0.1) is 0 Å². The van der Waals surface area contributed by atoms with Crippen molar-refractivity contribution in [2.45, 2.75) is 24.7 Å². The maximum Gasteiger partial charge on any atom is 0.246 e. The maximum absolute atomic E-state index is 13.9. The molecule has 1 aliphatic rings. The molecule has 2 aromatic carbocycles. The van der Waals surface area contributed by atoms with E-state index in [1.54, 1.807) is 4.90 Å². The van der Waals surface area contributed by atoms with Gasteiger partial charge in [0.2, 0.25) is 15.9 Å².